The summed E-state index contributed by atoms with van der Waals surface area (Å²) in [7, 11) is 1.65. The van der Waals surface area contributed by atoms with Gasteiger partial charge in [0.2, 0.25) is 0 Å². The van der Waals surface area contributed by atoms with Crippen molar-refractivity contribution in [2.24, 2.45) is 0 Å². The van der Waals surface area contributed by atoms with Crippen LogP contribution in [-0.2, 0) is 6.42 Å². The van der Waals surface area contributed by atoms with Crippen molar-refractivity contribution in [2.45, 2.75) is 13.3 Å². The summed E-state index contributed by atoms with van der Waals surface area (Å²) in [5.41, 5.74) is 3.12. The molecule has 0 bridgehead atoms. The Morgan fingerprint density at radius 2 is 1.80 bits per heavy atom. The molecule has 0 amide bonds. The molecule has 0 saturated heterocycles. The molecule has 6 heteroatoms. The van der Waals surface area contributed by atoms with Crippen LogP contribution in [-0.4, -0.2) is 17.1 Å². The monoisotopic (exact) mass is 354 g/mol. The van der Waals surface area contributed by atoms with Gasteiger partial charge in [-0.15, -0.1) is 0 Å². The van der Waals surface area contributed by atoms with Crippen LogP contribution in [0, 0.1) is 0 Å². The van der Waals surface area contributed by atoms with Crippen molar-refractivity contribution in [1.82, 2.24) is 9.97 Å². The number of halogens is 1. The molecular weight excluding hydrogens is 338 g/mol. The first kappa shape index (κ1) is 17.0. The number of para-hydroxylation sites is 3. The van der Waals surface area contributed by atoms with Crippen molar-refractivity contribution >= 4 is 33.6 Å². The number of benzene rings is 2. The summed E-state index contributed by atoms with van der Waals surface area (Å²) in [6, 6.07) is 15.6. The Morgan fingerprint density at radius 1 is 1.04 bits per heavy atom. The van der Waals surface area contributed by atoms with Crippen LogP contribution in [0.2, 0.25) is 0 Å². The summed E-state index contributed by atoms with van der Waals surface area (Å²) in [4.78, 5) is 9.26. The van der Waals surface area contributed by atoms with Gasteiger partial charge in [0.25, 0.3) is 0 Å². The van der Waals surface area contributed by atoms with Crippen LogP contribution in [0.3, 0.4) is 0 Å². The summed E-state index contributed by atoms with van der Waals surface area (Å²) in [6.07, 6.45) is 0.746. The summed E-state index contributed by atoms with van der Waals surface area (Å²) >= 11 is 0. The molecule has 0 saturated carbocycles. The van der Waals surface area contributed by atoms with Crippen LogP contribution >= 0.6 is 0 Å². The summed E-state index contributed by atoms with van der Waals surface area (Å²) in [5, 5.41) is 4.33. The average Bonchev–Trinajstić information content (AvgIpc) is 3.01. The Kier molecular flexibility index (Phi) is 4.76. The van der Waals surface area contributed by atoms with Crippen molar-refractivity contribution in [3.05, 3.63) is 54.4 Å². The van der Waals surface area contributed by atoms with Crippen molar-refractivity contribution in [3.63, 3.8) is 0 Å². The smallest absolute Gasteiger partial charge is 0.196 e. The number of hydrogen-bond donors (Lipinski definition) is 1. The minimum absolute atomic E-state index is 0. The zero-order chi connectivity index (χ0) is 16.5. The normalized spacial score (nSPS) is 10.6. The fourth-order valence-corrected chi connectivity index (χ4v) is 2.76. The lowest BCUT2D eigenvalue weighted by molar-refractivity contribution is -0.00000565. The Balaban J connectivity index is 0.00000182. The second-order valence-electron chi connectivity index (χ2n) is 5.44. The highest BCUT2D eigenvalue weighted by Gasteiger charge is 2.16. The fraction of sp³-hybridized carbons (Fsp3) is 0.158. The quantitative estimate of drug-likeness (QED) is 0.604. The van der Waals surface area contributed by atoms with E-state index in [2.05, 4.69) is 15.3 Å². The largest absolute Gasteiger partial charge is 1.00 e. The summed E-state index contributed by atoms with van der Waals surface area (Å²) in [5.74, 6) is 2.17. The van der Waals surface area contributed by atoms with Gasteiger partial charge >= 0.3 is 0 Å². The van der Waals surface area contributed by atoms with Gasteiger partial charge in [-0.3, -0.25) is 0 Å². The third-order valence-corrected chi connectivity index (χ3v) is 3.94. The van der Waals surface area contributed by atoms with E-state index in [1.54, 1.807) is 7.11 Å². The van der Waals surface area contributed by atoms with E-state index in [1.165, 1.54) is 0 Å². The van der Waals surface area contributed by atoms with Gasteiger partial charge in [0, 0.05) is 11.8 Å². The maximum Gasteiger partial charge on any atom is 0.196 e. The summed E-state index contributed by atoms with van der Waals surface area (Å²) in [6.45, 7) is 2.04. The molecular formula is C19H17ClN3O2-. The highest BCUT2D eigenvalue weighted by atomic mass is 35.5. The number of methoxy groups -OCH3 is 1. The predicted octanol–water partition coefficient (Wildman–Crippen LogP) is 1.69. The van der Waals surface area contributed by atoms with Gasteiger partial charge in [-0.25, -0.2) is 9.97 Å². The molecule has 0 fully saturated rings. The van der Waals surface area contributed by atoms with Gasteiger partial charge in [0.1, 0.15) is 22.7 Å². The Labute approximate surface area is 151 Å². The number of fused-ring (bicyclic) bond motifs is 3. The van der Waals surface area contributed by atoms with Gasteiger partial charge < -0.3 is 26.9 Å². The molecule has 2 heterocycles. The van der Waals surface area contributed by atoms with E-state index in [1.807, 2.05) is 55.5 Å². The zero-order valence-electron chi connectivity index (χ0n) is 13.9. The number of hydrogen-bond acceptors (Lipinski definition) is 5. The first-order valence-corrected chi connectivity index (χ1v) is 7.88. The second kappa shape index (κ2) is 6.99. The number of aryl methyl sites for hydroxylation is 1. The lowest BCUT2D eigenvalue weighted by Crippen LogP contribution is -3.00. The topological polar surface area (TPSA) is 60.2 Å². The van der Waals surface area contributed by atoms with E-state index < -0.39 is 0 Å². The van der Waals surface area contributed by atoms with E-state index in [4.69, 9.17) is 9.15 Å². The molecule has 0 atom stereocenters. The standard InChI is InChI=1S/C19H17N3O2.ClH/c1-3-16-21-17-12-8-4-6-10-14(12)24-18(17)19(22-16)20-13-9-5-7-11-15(13)23-2;/h4-11H,3H2,1-2H3,(H,20,21,22);1H/p-1. The van der Waals surface area contributed by atoms with Crippen LogP contribution in [0.15, 0.2) is 52.9 Å². The fourth-order valence-electron chi connectivity index (χ4n) is 2.76. The first-order chi connectivity index (χ1) is 11.8. The average molecular weight is 355 g/mol. The van der Waals surface area contributed by atoms with Crippen LogP contribution in [0.4, 0.5) is 11.5 Å². The molecule has 0 radical (unpaired) electrons. The minimum atomic E-state index is 0. The number of ether oxygens (including phenoxy) is 1. The van der Waals surface area contributed by atoms with Gasteiger partial charge in [0.05, 0.1) is 12.8 Å². The molecule has 4 aromatic rings. The van der Waals surface area contributed by atoms with E-state index in [0.717, 1.165) is 40.2 Å². The molecule has 0 aliphatic carbocycles. The third kappa shape index (κ3) is 2.98. The van der Waals surface area contributed by atoms with E-state index in [0.29, 0.717) is 11.4 Å². The molecule has 0 unspecified atom stereocenters. The first-order valence-electron chi connectivity index (χ1n) is 7.88. The van der Waals surface area contributed by atoms with Gasteiger partial charge in [-0.05, 0) is 24.3 Å². The van der Waals surface area contributed by atoms with Crippen molar-refractivity contribution in [3.8, 4) is 5.75 Å². The SMILES string of the molecule is CCc1nc(Nc2ccccc2OC)c2oc3ccccc3c2n1.[Cl-]. The van der Waals surface area contributed by atoms with Crippen LogP contribution < -0.4 is 22.5 Å². The third-order valence-electron chi connectivity index (χ3n) is 3.94. The molecule has 4 rings (SSSR count). The van der Waals surface area contributed by atoms with Crippen LogP contribution in [0.5, 0.6) is 5.75 Å². The highest BCUT2D eigenvalue weighted by Crippen LogP contribution is 2.34. The molecule has 5 nitrogen and oxygen atoms in total. The van der Waals surface area contributed by atoms with E-state index in [9.17, 15) is 0 Å². The Bertz CT molecular complexity index is 1030. The number of aromatic nitrogens is 2. The molecule has 128 valence electrons. The molecule has 2 aromatic carbocycles. The lowest BCUT2D eigenvalue weighted by Gasteiger charge is -2.11. The molecule has 2 aromatic heterocycles. The van der Waals surface area contributed by atoms with Crippen molar-refractivity contribution < 1.29 is 21.6 Å². The molecule has 25 heavy (non-hydrogen) atoms. The maximum absolute atomic E-state index is 6.00. The number of furan rings is 1. The molecule has 0 spiro atoms. The Hall–Kier alpha value is -2.79. The zero-order valence-corrected chi connectivity index (χ0v) is 14.7. The number of nitrogens with one attached hydrogen (secondary N) is 1. The van der Waals surface area contributed by atoms with Crippen molar-refractivity contribution in [1.29, 1.82) is 0 Å². The second-order valence-corrected chi connectivity index (χ2v) is 5.44. The highest BCUT2D eigenvalue weighted by molar-refractivity contribution is 6.06. The van der Waals surface area contributed by atoms with Crippen molar-refractivity contribution in [2.75, 3.05) is 12.4 Å². The van der Waals surface area contributed by atoms with Gasteiger partial charge in [0.15, 0.2) is 11.4 Å². The Morgan fingerprint density at radius 3 is 2.60 bits per heavy atom. The van der Waals surface area contributed by atoms with Crippen LogP contribution in [0.1, 0.15) is 12.7 Å². The summed E-state index contributed by atoms with van der Waals surface area (Å²) < 4.78 is 11.4. The predicted molar refractivity (Wildman–Crippen MR) is 95.0 cm³/mol. The number of rotatable bonds is 4. The van der Waals surface area contributed by atoms with Gasteiger partial charge in [-0.1, -0.05) is 31.2 Å². The maximum atomic E-state index is 6.00. The van der Waals surface area contributed by atoms with E-state index >= 15 is 0 Å². The lowest BCUT2D eigenvalue weighted by atomic mass is 10.2. The molecule has 0 aliphatic rings. The molecule has 1 N–H and O–H groups in total. The van der Waals surface area contributed by atoms with Gasteiger partial charge in [-0.2, -0.15) is 0 Å². The molecule has 0 aliphatic heterocycles. The minimum Gasteiger partial charge on any atom is -1.00 e. The number of nitrogens with zero attached hydrogens (tertiary/aromatic N) is 2. The number of anilines is 2. The van der Waals surface area contributed by atoms with E-state index in [-0.39, 0.29) is 12.4 Å². The van der Waals surface area contributed by atoms with Crippen LogP contribution in [0.25, 0.3) is 22.1 Å².